The van der Waals surface area contributed by atoms with Crippen LogP contribution in [0, 0.1) is 11.8 Å². The van der Waals surface area contributed by atoms with E-state index >= 15 is 0 Å². The van der Waals surface area contributed by atoms with Crippen LogP contribution in [0.25, 0.3) is 0 Å². The van der Waals surface area contributed by atoms with E-state index in [1.165, 1.54) is 0 Å². The van der Waals surface area contributed by atoms with E-state index in [1.54, 1.807) is 0 Å². The molecular weight excluding hydrogens is 412 g/mol. The molecule has 32 heavy (non-hydrogen) atoms. The van der Waals surface area contributed by atoms with Crippen LogP contribution in [0.1, 0.15) is 57.7 Å². The first-order valence-corrected chi connectivity index (χ1v) is 11.9. The van der Waals surface area contributed by atoms with Crippen molar-refractivity contribution in [1.82, 2.24) is 31.3 Å². The van der Waals surface area contributed by atoms with Crippen LogP contribution in [0.4, 0.5) is 0 Å². The van der Waals surface area contributed by atoms with Crippen molar-refractivity contribution < 1.29 is 19.1 Å². The molecule has 3 aliphatic heterocycles. The number of amides is 2. The lowest BCUT2D eigenvalue weighted by Crippen LogP contribution is -2.44. The summed E-state index contributed by atoms with van der Waals surface area (Å²) in [6, 6.07) is 0. The number of tetrazole rings is 1. The van der Waals surface area contributed by atoms with Crippen molar-refractivity contribution in [1.29, 1.82) is 0 Å². The molecule has 10 nitrogen and oxygen atoms in total. The lowest BCUT2D eigenvalue weighted by atomic mass is 9.77. The Morgan fingerprint density at radius 3 is 2.59 bits per heavy atom. The molecule has 3 aliphatic rings. The van der Waals surface area contributed by atoms with Gasteiger partial charge in [-0.15, -0.1) is 5.10 Å². The predicted molar refractivity (Wildman–Crippen MR) is 115 cm³/mol. The lowest BCUT2D eigenvalue weighted by molar-refractivity contribution is -0.126. The number of ether oxygens (including phenoxy) is 2. The molecule has 3 saturated heterocycles. The number of aryl methyl sites for hydroxylation is 1. The molecule has 4 heterocycles. The summed E-state index contributed by atoms with van der Waals surface area (Å²) in [6.45, 7) is 2.68. The molecule has 0 aromatic carbocycles. The van der Waals surface area contributed by atoms with Crippen LogP contribution in [0.3, 0.4) is 0 Å². The zero-order valence-electron chi connectivity index (χ0n) is 18.7. The van der Waals surface area contributed by atoms with E-state index in [9.17, 15) is 9.59 Å². The van der Waals surface area contributed by atoms with Crippen LogP contribution in [0.2, 0.25) is 0 Å². The lowest BCUT2D eigenvalue weighted by Gasteiger charge is -2.25. The summed E-state index contributed by atoms with van der Waals surface area (Å²) >= 11 is 0. The number of rotatable bonds is 14. The SMILES string of the molecule is CCCCCC(=O)NCC(=O)NC[C@H]1[C@@H](C/C=C\CCCc2nnn[nH]2)[C@@H]2O[C@H]1[C@@H]1O[C@@H]12. The number of hydrogen-bond donors (Lipinski definition) is 3. The Hall–Kier alpha value is -2.33. The average Bonchev–Trinajstić information content (AvgIpc) is 3.11. The number of allylic oxidation sites excluding steroid dienone is 2. The minimum Gasteiger partial charge on any atom is -0.369 e. The second-order valence-corrected chi connectivity index (χ2v) is 8.94. The number of epoxide rings is 1. The van der Waals surface area contributed by atoms with Crippen molar-refractivity contribution in [3.05, 3.63) is 18.0 Å². The van der Waals surface area contributed by atoms with E-state index in [-0.39, 0.29) is 48.7 Å². The zero-order chi connectivity index (χ0) is 22.3. The summed E-state index contributed by atoms with van der Waals surface area (Å²) < 4.78 is 11.9. The second kappa shape index (κ2) is 11.0. The maximum Gasteiger partial charge on any atom is 0.239 e. The third-order valence-corrected chi connectivity index (χ3v) is 6.65. The van der Waals surface area contributed by atoms with Gasteiger partial charge >= 0.3 is 0 Å². The highest BCUT2D eigenvalue weighted by molar-refractivity contribution is 5.84. The van der Waals surface area contributed by atoms with Gasteiger partial charge in [0, 0.05) is 25.3 Å². The van der Waals surface area contributed by atoms with Gasteiger partial charge in [0.05, 0.1) is 18.8 Å². The van der Waals surface area contributed by atoms with Crippen molar-refractivity contribution >= 4 is 11.8 Å². The number of aromatic nitrogens is 4. The van der Waals surface area contributed by atoms with E-state index in [2.05, 4.69) is 50.3 Å². The molecule has 6 atom stereocenters. The molecule has 2 amide bonds. The number of H-pyrrole nitrogens is 1. The fraction of sp³-hybridized carbons (Fsp3) is 0.773. The van der Waals surface area contributed by atoms with Gasteiger partial charge in [0.15, 0.2) is 0 Å². The van der Waals surface area contributed by atoms with Gasteiger partial charge in [-0.2, -0.15) is 0 Å². The second-order valence-electron chi connectivity index (χ2n) is 8.94. The van der Waals surface area contributed by atoms with Crippen molar-refractivity contribution in [3.63, 3.8) is 0 Å². The maximum atomic E-state index is 12.2. The van der Waals surface area contributed by atoms with Crippen LogP contribution < -0.4 is 10.6 Å². The highest BCUT2D eigenvalue weighted by Gasteiger charge is 2.68. The van der Waals surface area contributed by atoms with Crippen LogP contribution in [0.15, 0.2) is 12.2 Å². The van der Waals surface area contributed by atoms with E-state index in [0.29, 0.717) is 18.9 Å². The minimum absolute atomic E-state index is 0.0282. The van der Waals surface area contributed by atoms with Gasteiger partial charge in [-0.3, -0.25) is 9.59 Å². The van der Waals surface area contributed by atoms with Gasteiger partial charge < -0.3 is 20.1 Å². The molecule has 1 aromatic heterocycles. The van der Waals surface area contributed by atoms with E-state index in [0.717, 1.165) is 50.8 Å². The highest BCUT2D eigenvalue weighted by Crippen LogP contribution is 2.54. The van der Waals surface area contributed by atoms with Crippen LogP contribution in [-0.4, -0.2) is 69.9 Å². The molecule has 0 aliphatic carbocycles. The minimum atomic E-state index is -0.152. The molecule has 4 rings (SSSR count). The Labute approximate surface area is 188 Å². The van der Waals surface area contributed by atoms with E-state index in [1.807, 2.05) is 0 Å². The Balaban J connectivity index is 1.17. The molecule has 2 bridgehead atoms. The van der Waals surface area contributed by atoms with Crippen molar-refractivity contribution in [2.45, 2.75) is 82.7 Å². The summed E-state index contributed by atoms with van der Waals surface area (Å²) in [5.74, 6) is 1.17. The first kappa shape index (κ1) is 22.8. The molecule has 0 spiro atoms. The monoisotopic (exact) mass is 446 g/mol. The molecule has 0 unspecified atom stereocenters. The van der Waals surface area contributed by atoms with Crippen LogP contribution >= 0.6 is 0 Å². The molecule has 0 radical (unpaired) electrons. The number of hydrogen-bond acceptors (Lipinski definition) is 7. The van der Waals surface area contributed by atoms with Gasteiger partial charge in [-0.05, 0) is 42.0 Å². The summed E-state index contributed by atoms with van der Waals surface area (Å²) in [5, 5.41) is 19.5. The largest absolute Gasteiger partial charge is 0.369 e. The number of carbonyl (C=O) groups is 2. The third-order valence-electron chi connectivity index (χ3n) is 6.65. The fourth-order valence-corrected chi connectivity index (χ4v) is 4.89. The van der Waals surface area contributed by atoms with Gasteiger partial charge in [-0.25, -0.2) is 5.10 Å². The molecule has 3 N–H and O–H groups in total. The average molecular weight is 447 g/mol. The molecule has 1 aromatic rings. The quantitative estimate of drug-likeness (QED) is 0.221. The standard InChI is InChI=1S/C22H34N6O4/c1-2-3-6-11-17(29)24-13-18(30)23-12-15-14(19-21-22(32-21)20(15)31-19)9-7-4-5-8-10-16-25-27-28-26-16/h4,7,14-15,19-22H,2-3,5-6,8-13H2,1H3,(H,23,30)(H,24,29)(H,25,26,27,28)/b7-4-/t14-,15+,19+,20-,21-,22+/m1/s1. The van der Waals surface area contributed by atoms with Gasteiger partial charge in [-0.1, -0.05) is 31.9 Å². The highest BCUT2D eigenvalue weighted by atomic mass is 16.7. The topological polar surface area (TPSA) is 134 Å². The van der Waals surface area contributed by atoms with E-state index in [4.69, 9.17) is 9.47 Å². The third kappa shape index (κ3) is 5.72. The summed E-state index contributed by atoms with van der Waals surface area (Å²) in [4.78, 5) is 24.0. The van der Waals surface area contributed by atoms with Crippen molar-refractivity contribution in [2.75, 3.05) is 13.1 Å². The Morgan fingerprint density at radius 1 is 1.00 bits per heavy atom. The van der Waals surface area contributed by atoms with Crippen LogP contribution in [-0.2, 0) is 25.5 Å². The zero-order valence-corrected chi connectivity index (χ0v) is 18.7. The number of aromatic amines is 1. The smallest absolute Gasteiger partial charge is 0.239 e. The fourth-order valence-electron chi connectivity index (χ4n) is 4.89. The Morgan fingerprint density at radius 2 is 1.81 bits per heavy atom. The van der Waals surface area contributed by atoms with Crippen molar-refractivity contribution in [3.8, 4) is 0 Å². The summed E-state index contributed by atoms with van der Waals surface area (Å²) in [5.41, 5.74) is 0. The first-order valence-electron chi connectivity index (χ1n) is 11.9. The molecule has 10 heteroatoms. The molecule has 3 fully saturated rings. The Bertz CT molecular complexity index is 785. The number of carbonyl (C=O) groups excluding carboxylic acids is 2. The van der Waals surface area contributed by atoms with Gasteiger partial charge in [0.1, 0.15) is 18.0 Å². The maximum absolute atomic E-state index is 12.2. The normalized spacial score (nSPS) is 29.9. The molecule has 176 valence electrons. The molecule has 0 saturated carbocycles. The van der Waals surface area contributed by atoms with Crippen molar-refractivity contribution in [2.24, 2.45) is 11.8 Å². The van der Waals surface area contributed by atoms with Gasteiger partial charge in [0.25, 0.3) is 0 Å². The number of nitrogens with one attached hydrogen (secondary N) is 3. The summed E-state index contributed by atoms with van der Waals surface area (Å²) in [6.07, 6.45) is 12.1. The first-order chi connectivity index (χ1) is 15.7. The number of fused-ring (bicyclic) bond motifs is 5. The van der Waals surface area contributed by atoms with Gasteiger partial charge in [0.2, 0.25) is 11.8 Å². The Kier molecular flexibility index (Phi) is 7.85. The predicted octanol–water partition coefficient (Wildman–Crippen LogP) is 1.06. The molecular formula is C22H34N6O4. The van der Waals surface area contributed by atoms with E-state index < -0.39 is 0 Å². The number of unbranched alkanes of at least 4 members (excludes halogenated alkanes) is 3. The van der Waals surface area contributed by atoms with Crippen LogP contribution in [0.5, 0.6) is 0 Å². The summed E-state index contributed by atoms with van der Waals surface area (Å²) in [7, 11) is 0. The number of nitrogens with zero attached hydrogens (tertiary/aromatic N) is 3.